The van der Waals surface area contributed by atoms with E-state index in [1.807, 2.05) is 0 Å². The Morgan fingerprint density at radius 3 is 2.33 bits per heavy atom. The smallest absolute Gasteiger partial charge is 0.336 e. The Kier molecular flexibility index (Phi) is 7.23. The van der Waals surface area contributed by atoms with E-state index in [4.69, 9.17) is 37.4 Å². The lowest BCUT2D eigenvalue weighted by Crippen LogP contribution is -2.40. The largest absolute Gasteiger partial charge is 0.497 e. The van der Waals surface area contributed by atoms with Crippen molar-refractivity contribution in [3.63, 3.8) is 0 Å². The SMILES string of the molecule is COc1cccc(-n2c(=O)c3cc(OC)c(OC)cc3n(CC(=O)Nc3cc(Cl)ccc3Cl)c2=O)c1. The van der Waals surface area contributed by atoms with Gasteiger partial charge in [-0.1, -0.05) is 29.3 Å². The maximum atomic E-state index is 13.7. The van der Waals surface area contributed by atoms with E-state index < -0.39 is 23.7 Å². The summed E-state index contributed by atoms with van der Waals surface area (Å²) >= 11 is 12.2. The molecule has 1 heterocycles. The molecule has 1 aromatic heterocycles. The summed E-state index contributed by atoms with van der Waals surface area (Å²) < 4.78 is 18.1. The Bertz CT molecular complexity index is 1600. The van der Waals surface area contributed by atoms with Crippen molar-refractivity contribution in [2.75, 3.05) is 26.6 Å². The number of hydrogen-bond donors (Lipinski definition) is 1. The second-order valence-electron chi connectivity index (χ2n) is 7.61. The van der Waals surface area contributed by atoms with Gasteiger partial charge in [-0.05, 0) is 36.4 Å². The Morgan fingerprint density at radius 1 is 0.917 bits per heavy atom. The van der Waals surface area contributed by atoms with Crippen molar-refractivity contribution in [1.29, 1.82) is 0 Å². The lowest BCUT2D eigenvalue weighted by molar-refractivity contribution is -0.116. The van der Waals surface area contributed by atoms with Crippen LogP contribution in [-0.2, 0) is 11.3 Å². The molecule has 9 nitrogen and oxygen atoms in total. The second-order valence-corrected chi connectivity index (χ2v) is 8.45. The topological polar surface area (TPSA) is 101 Å². The summed E-state index contributed by atoms with van der Waals surface area (Å²) in [5, 5.41) is 3.45. The number of hydrogen-bond acceptors (Lipinski definition) is 6. The van der Waals surface area contributed by atoms with Gasteiger partial charge in [0.15, 0.2) is 11.5 Å². The summed E-state index contributed by atoms with van der Waals surface area (Å²) in [5.41, 5.74) is -0.590. The van der Waals surface area contributed by atoms with Gasteiger partial charge < -0.3 is 19.5 Å². The first-order valence-corrected chi connectivity index (χ1v) is 11.3. The lowest BCUT2D eigenvalue weighted by atomic mass is 10.2. The van der Waals surface area contributed by atoms with E-state index in [1.54, 1.807) is 36.4 Å². The molecule has 0 bridgehead atoms. The number of amides is 1. The molecule has 36 heavy (non-hydrogen) atoms. The van der Waals surface area contributed by atoms with Crippen molar-refractivity contribution in [3.05, 3.63) is 85.5 Å². The van der Waals surface area contributed by atoms with Gasteiger partial charge in [0.1, 0.15) is 12.3 Å². The minimum atomic E-state index is -0.736. The first-order valence-electron chi connectivity index (χ1n) is 10.6. The molecular formula is C25H21Cl2N3O6. The number of fused-ring (bicyclic) bond motifs is 1. The van der Waals surface area contributed by atoms with Crippen LogP contribution in [0, 0.1) is 0 Å². The third-order valence-electron chi connectivity index (χ3n) is 5.46. The van der Waals surface area contributed by atoms with Crippen LogP contribution in [0.2, 0.25) is 10.0 Å². The van der Waals surface area contributed by atoms with E-state index >= 15 is 0 Å². The summed E-state index contributed by atoms with van der Waals surface area (Å²) in [6.45, 7) is -0.433. The van der Waals surface area contributed by atoms with E-state index in [9.17, 15) is 14.4 Å². The van der Waals surface area contributed by atoms with Gasteiger partial charge in [-0.2, -0.15) is 0 Å². The number of rotatable bonds is 7. The van der Waals surface area contributed by atoms with Gasteiger partial charge in [0.05, 0.1) is 48.6 Å². The number of carbonyl (C=O) groups excluding carboxylic acids is 1. The standard InChI is InChI=1S/C25H21Cl2N3O6/c1-34-16-6-4-5-15(10-16)30-24(32)17-11-21(35-2)22(36-3)12-20(17)29(25(30)33)13-23(31)28-19-9-14(26)7-8-18(19)27/h4-12H,13H2,1-3H3,(H,28,31). The summed E-state index contributed by atoms with van der Waals surface area (Å²) in [4.78, 5) is 40.2. The minimum absolute atomic E-state index is 0.142. The van der Waals surface area contributed by atoms with Crippen LogP contribution in [0.25, 0.3) is 16.6 Å². The van der Waals surface area contributed by atoms with Gasteiger partial charge in [-0.3, -0.25) is 14.2 Å². The van der Waals surface area contributed by atoms with Crippen molar-refractivity contribution in [2.45, 2.75) is 6.54 Å². The van der Waals surface area contributed by atoms with E-state index in [0.29, 0.717) is 16.5 Å². The predicted octanol–water partition coefficient (Wildman–Crippen LogP) is 4.12. The Labute approximate surface area is 215 Å². The highest BCUT2D eigenvalue weighted by atomic mass is 35.5. The molecule has 0 saturated heterocycles. The average Bonchev–Trinajstić information content (AvgIpc) is 2.88. The average molecular weight is 530 g/mol. The maximum absolute atomic E-state index is 13.7. The van der Waals surface area contributed by atoms with Crippen molar-refractivity contribution in [2.24, 2.45) is 0 Å². The normalized spacial score (nSPS) is 10.8. The fourth-order valence-electron chi connectivity index (χ4n) is 3.75. The zero-order valence-electron chi connectivity index (χ0n) is 19.5. The molecule has 0 saturated carbocycles. The molecule has 11 heteroatoms. The van der Waals surface area contributed by atoms with E-state index in [-0.39, 0.29) is 33.0 Å². The first-order chi connectivity index (χ1) is 17.3. The van der Waals surface area contributed by atoms with Crippen LogP contribution in [0.5, 0.6) is 17.2 Å². The van der Waals surface area contributed by atoms with Crippen LogP contribution in [0.1, 0.15) is 0 Å². The minimum Gasteiger partial charge on any atom is -0.497 e. The number of aromatic nitrogens is 2. The number of carbonyl (C=O) groups is 1. The van der Waals surface area contributed by atoms with Crippen molar-refractivity contribution in [1.82, 2.24) is 9.13 Å². The number of anilines is 1. The fraction of sp³-hybridized carbons (Fsp3) is 0.160. The van der Waals surface area contributed by atoms with Crippen LogP contribution >= 0.6 is 23.2 Å². The predicted molar refractivity (Wildman–Crippen MR) is 139 cm³/mol. The van der Waals surface area contributed by atoms with Gasteiger partial charge in [0.2, 0.25) is 5.91 Å². The Morgan fingerprint density at radius 2 is 1.64 bits per heavy atom. The molecule has 4 aromatic rings. The van der Waals surface area contributed by atoms with Crippen LogP contribution < -0.4 is 30.8 Å². The second kappa shape index (κ2) is 10.3. The van der Waals surface area contributed by atoms with E-state index in [2.05, 4.69) is 5.32 Å². The highest BCUT2D eigenvalue weighted by Crippen LogP contribution is 2.31. The van der Waals surface area contributed by atoms with Gasteiger partial charge in [-0.15, -0.1) is 0 Å². The van der Waals surface area contributed by atoms with E-state index in [1.165, 1.54) is 44.1 Å². The van der Waals surface area contributed by atoms with Gasteiger partial charge >= 0.3 is 5.69 Å². The number of benzene rings is 3. The van der Waals surface area contributed by atoms with E-state index in [0.717, 1.165) is 4.57 Å². The highest BCUT2D eigenvalue weighted by molar-refractivity contribution is 6.35. The molecule has 186 valence electrons. The van der Waals surface area contributed by atoms with Crippen molar-refractivity contribution < 1.29 is 19.0 Å². The number of methoxy groups -OCH3 is 3. The fourth-order valence-corrected chi connectivity index (χ4v) is 4.09. The molecule has 4 rings (SSSR count). The first kappa shape index (κ1) is 25.2. The van der Waals surface area contributed by atoms with Gasteiger partial charge in [0.25, 0.3) is 5.56 Å². The maximum Gasteiger partial charge on any atom is 0.336 e. The molecule has 0 aliphatic rings. The van der Waals surface area contributed by atoms with Crippen LogP contribution in [-0.4, -0.2) is 36.4 Å². The summed E-state index contributed by atoms with van der Waals surface area (Å²) in [6.07, 6.45) is 0. The molecule has 0 aliphatic heterocycles. The van der Waals surface area contributed by atoms with Gasteiger partial charge in [0, 0.05) is 17.2 Å². The zero-order chi connectivity index (χ0) is 26.0. The number of ether oxygens (including phenoxy) is 3. The summed E-state index contributed by atoms with van der Waals surface area (Å²) in [5.74, 6) is 0.467. The van der Waals surface area contributed by atoms with Crippen LogP contribution in [0.15, 0.2) is 64.2 Å². The number of halogens is 2. The molecule has 0 fully saturated rings. The van der Waals surface area contributed by atoms with Crippen molar-refractivity contribution >= 4 is 45.7 Å². The number of nitrogens with one attached hydrogen (secondary N) is 1. The molecule has 0 spiro atoms. The van der Waals surface area contributed by atoms with Gasteiger partial charge in [-0.25, -0.2) is 9.36 Å². The van der Waals surface area contributed by atoms with Crippen molar-refractivity contribution in [3.8, 4) is 22.9 Å². The number of nitrogens with zero attached hydrogens (tertiary/aromatic N) is 2. The highest BCUT2D eigenvalue weighted by Gasteiger charge is 2.20. The van der Waals surface area contributed by atoms with Crippen LogP contribution in [0.4, 0.5) is 5.69 Å². The quantitative estimate of drug-likeness (QED) is 0.386. The summed E-state index contributed by atoms with van der Waals surface area (Å²) in [7, 11) is 4.34. The third kappa shape index (κ3) is 4.75. The molecule has 1 amide bonds. The Hall–Kier alpha value is -3.95. The molecule has 0 aliphatic carbocycles. The molecule has 0 unspecified atom stereocenters. The molecule has 0 radical (unpaired) electrons. The molecule has 1 N–H and O–H groups in total. The molecular weight excluding hydrogens is 509 g/mol. The van der Waals surface area contributed by atoms with Crippen LogP contribution in [0.3, 0.4) is 0 Å². The zero-order valence-corrected chi connectivity index (χ0v) is 21.0. The lowest BCUT2D eigenvalue weighted by Gasteiger charge is -2.17. The molecule has 0 atom stereocenters. The Balaban J connectivity index is 1.93. The molecule has 3 aromatic carbocycles. The summed E-state index contributed by atoms with van der Waals surface area (Å²) in [6, 6.07) is 14.0. The third-order valence-corrected chi connectivity index (χ3v) is 6.03. The monoisotopic (exact) mass is 529 g/mol.